The van der Waals surface area contributed by atoms with Gasteiger partial charge in [0, 0.05) is 24.2 Å². The van der Waals surface area contributed by atoms with Crippen molar-refractivity contribution >= 4 is 5.97 Å². The molecule has 2 heterocycles. The Hall–Kier alpha value is -2.63. The van der Waals surface area contributed by atoms with Gasteiger partial charge in [-0.05, 0) is 17.7 Å². The van der Waals surface area contributed by atoms with Gasteiger partial charge in [-0.1, -0.05) is 6.07 Å². The number of aromatic nitrogens is 1. The number of rotatable bonds is 4. The maximum Gasteiger partial charge on any atom is 0.345 e. The second-order valence-electron chi connectivity index (χ2n) is 4.72. The van der Waals surface area contributed by atoms with Crippen molar-refractivity contribution in [3.63, 3.8) is 0 Å². The van der Waals surface area contributed by atoms with Gasteiger partial charge in [-0.15, -0.1) is 0 Å². The molecule has 0 saturated carbocycles. The van der Waals surface area contributed by atoms with Crippen molar-refractivity contribution in [2.24, 2.45) is 0 Å². The fourth-order valence-electron chi connectivity index (χ4n) is 2.14. The zero-order valence-corrected chi connectivity index (χ0v) is 11.0. The Labute approximate surface area is 120 Å². The summed E-state index contributed by atoms with van der Waals surface area (Å²) in [4.78, 5) is 14.6. The zero-order valence-electron chi connectivity index (χ0n) is 11.0. The lowest BCUT2D eigenvalue weighted by Gasteiger charge is -2.08. The summed E-state index contributed by atoms with van der Waals surface area (Å²) < 4.78 is 23.9. The van der Waals surface area contributed by atoms with E-state index < -0.39 is 17.9 Å². The molecular formula is C15H12FNO4. The molecule has 0 saturated heterocycles. The van der Waals surface area contributed by atoms with Gasteiger partial charge in [0.2, 0.25) is 0 Å². The average molecular weight is 289 g/mol. The van der Waals surface area contributed by atoms with E-state index >= 15 is 0 Å². The monoisotopic (exact) mass is 289 g/mol. The van der Waals surface area contributed by atoms with Crippen LogP contribution in [0.2, 0.25) is 0 Å². The van der Waals surface area contributed by atoms with Crippen LogP contribution in [-0.2, 0) is 17.8 Å². The zero-order chi connectivity index (χ0) is 14.8. The number of benzene rings is 1. The smallest absolute Gasteiger partial charge is 0.345 e. The highest BCUT2D eigenvalue weighted by molar-refractivity contribution is 5.74. The van der Waals surface area contributed by atoms with Gasteiger partial charge in [-0.25, -0.2) is 9.18 Å². The first-order valence-electron chi connectivity index (χ1n) is 6.36. The number of hydrogen-bond acceptors (Lipinski definition) is 4. The average Bonchev–Trinajstić information content (AvgIpc) is 2.88. The largest absolute Gasteiger partial charge is 0.489 e. The second-order valence-corrected chi connectivity index (χ2v) is 4.72. The molecule has 1 N–H and O–H groups in total. The summed E-state index contributed by atoms with van der Waals surface area (Å²) in [6, 6.07) is 6.50. The van der Waals surface area contributed by atoms with Crippen LogP contribution in [0, 0.1) is 5.82 Å². The van der Waals surface area contributed by atoms with Crippen molar-refractivity contribution in [1.82, 2.24) is 4.98 Å². The van der Waals surface area contributed by atoms with E-state index in [0.717, 1.165) is 11.8 Å². The van der Waals surface area contributed by atoms with Crippen molar-refractivity contribution in [3.05, 3.63) is 53.6 Å². The highest BCUT2D eigenvalue weighted by atomic mass is 19.1. The van der Waals surface area contributed by atoms with E-state index in [0.29, 0.717) is 23.5 Å². The van der Waals surface area contributed by atoms with Crippen LogP contribution in [0.4, 0.5) is 4.39 Å². The lowest BCUT2D eigenvalue weighted by molar-refractivity contribution is -0.144. The van der Waals surface area contributed by atoms with Crippen molar-refractivity contribution in [2.75, 3.05) is 0 Å². The van der Waals surface area contributed by atoms with Crippen molar-refractivity contribution in [2.45, 2.75) is 19.1 Å². The minimum absolute atomic E-state index is 0.173. The molecule has 1 aliphatic heterocycles. The van der Waals surface area contributed by atoms with E-state index in [1.54, 1.807) is 18.2 Å². The predicted octanol–water partition coefficient (Wildman–Crippen LogP) is 2.19. The van der Waals surface area contributed by atoms with E-state index in [9.17, 15) is 9.18 Å². The van der Waals surface area contributed by atoms with Gasteiger partial charge >= 0.3 is 5.97 Å². The fraction of sp³-hybridized carbons (Fsp3) is 0.200. The van der Waals surface area contributed by atoms with Gasteiger partial charge in [0.25, 0.3) is 0 Å². The van der Waals surface area contributed by atoms with Crippen LogP contribution < -0.4 is 9.47 Å². The van der Waals surface area contributed by atoms with Crippen molar-refractivity contribution in [1.29, 1.82) is 0 Å². The van der Waals surface area contributed by atoms with Gasteiger partial charge in [0.1, 0.15) is 23.9 Å². The molecule has 0 amide bonds. The molecule has 1 atom stereocenters. The molecule has 5 nitrogen and oxygen atoms in total. The topological polar surface area (TPSA) is 68.7 Å². The molecule has 1 aromatic carbocycles. The fourth-order valence-corrected chi connectivity index (χ4v) is 2.14. The van der Waals surface area contributed by atoms with Crippen LogP contribution in [-0.4, -0.2) is 22.2 Å². The summed E-state index contributed by atoms with van der Waals surface area (Å²) in [5.74, 6) is -0.362. The quantitative estimate of drug-likeness (QED) is 0.934. The molecule has 0 radical (unpaired) electrons. The number of carboxylic acids is 1. The predicted molar refractivity (Wildman–Crippen MR) is 70.7 cm³/mol. The highest BCUT2D eigenvalue weighted by Crippen LogP contribution is 2.32. The van der Waals surface area contributed by atoms with Crippen LogP contribution in [0.3, 0.4) is 0 Å². The maximum absolute atomic E-state index is 13.0. The Morgan fingerprint density at radius 3 is 3.05 bits per heavy atom. The first kappa shape index (κ1) is 13.4. The van der Waals surface area contributed by atoms with Gasteiger partial charge < -0.3 is 14.6 Å². The molecular weight excluding hydrogens is 277 g/mol. The molecule has 2 aromatic rings. The molecule has 1 aliphatic rings. The maximum atomic E-state index is 13.0. The van der Waals surface area contributed by atoms with Crippen molar-refractivity contribution in [3.8, 4) is 11.5 Å². The van der Waals surface area contributed by atoms with Crippen LogP contribution >= 0.6 is 0 Å². The Balaban J connectivity index is 1.69. The van der Waals surface area contributed by atoms with Gasteiger partial charge in [0.05, 0.1) is 6.20 Å². The van der Waals surface area contributed by atoms with Gasteiger partial charge in [-0.3, -0.25) is 4.98 Å². The van der Waals surface area contributed by atoms with Gasteiger partial charge in [-0.2, -0.15) is 0 Å². The molecule has 0 aliphatic carbocycles. The summed E-state index contributed by atoms with van der Waals surface area (Å²) in [7, 11) is 0. The number of nitrogens with zero attached hydrogens (tertiary/aromatic N) is 1. The SMILES string of the molecule is O=C(O)C1Cc2ccc(OCc3cncc(F)c3)cc2O1. The Morgan fingerprint density at radius 1 is 1.43 bits per heavy atom. The minimum atomic E-state index is -0.987. The molecule has 0 bridgehead atoms. The number of pyridine rings is 1. The van der Waals surface area contributed by atoms with E-state index in [2.05, 4.69) is 4.98 Å². The minimum Gasteiger partial charge on any atom is -0.489 e. The summed E-state index contributed by atoms with van der Waals surface area (Å²) in [6.07, 6.45) is 2.15. The number of halogens is 1. The molecule has 21 heavy (non-hydrogen) atoms. The van der Waals surface area contributed by atoms with Crippen LogP contribution in [0.5, 0.6) is 11.5 Å². The van der Waals surface area contributed by atoms with E-state index in [-0.39, 0.29) is 6.61 Å². The molecule has 1 unspecified atom stereocenters. The first-order chi connectivity index (χ1) is 10.1. The lowest BCUT2D eigenvalue weighted by atomic mass is 10.1. The summed E-state index contributed by atoms with van der Waals surface area (Å²) in [5.41, 5.74) is 1.45. The number of fused-ring (bicyclic) bond motifs is 1. The number of carboxylic acid groups (broad SMARTS) is 1. The van der Waals surface area contributed by atoms with Gasteiger partial charge in [0.15, 0.2) is 6.10 Å². The molecule has 108 valence electrons. The van der Waals surface area contributed by atoms with Crippen molar-refractivity contribution < 1.29 is 23.8 Å². The third-order valence-corrected chi connectivity index (χ3v) is 3.16. The number of hydrogen-bond donors (Lipinski definition) is 1. The van der Waals surface area contributed by atoms with E-state index in [1.807, 2.05) is 0 Å². The lowest BCUT2D eigenvalue weighted by Crippen LogP contribution is -2.24. The molecule has 0 spiro atoms. The Kier molecular flexibility index (Phi) is 3.43. The third-order valence-electron chi connectivity index (χ3n) is 3.16. The van der Waals surface area contributed by atoms with Crippen LogP contribution in [0.1, 0.15) is 11.1 Å². The summed E-state index contributed by atoms with van der Waals surface area (Å²) in [6.45, 7) is 0.173. The Bertz CT molecular complexity index is 689. The number of aliphatic carboxylic acids is 1. The standard InChI is InChI=1S/C15H12FNO4/c16-11-3-9(6-17-7-11)8-20-12-2-1-10-4-14(15(18)19)21-13(10)5-12/h1-3,5-7,14H,4,8H2,(H,18,19). The summed E-state index contributed by atoms with van der Waals surface area (Å²) >= 11 is 0. The second kappa shape index (κ2) is 5.40. The molecule has 6 heteroatoms. The molecule has 3 rings (SSSR count). The van der Waals surface area contributed by atoms with E-state index in [1.165, 1.54) is 12.3 Å². The summed E-state index contributed by atoms with van der Waals surface area (Å²) in [5, 5.41) is 8.93. The molecule has 0 fully saturated rings. The normalized spacial score (nSPS) is 16.1. The van der Waals surface area contributed by atoms with E-state index in [4.69, 9.17) is 14.6 Å². The first-order valence-corrected chi connectivity index (χ1v) is 6.36. The Morgan fingerprint density at radius 2 is 2.29 bits per heavy atom. The molecule has 1 aromatic heterocycles. The number of carbonyl (C=O) groups is 1. The third kappa shape index (κ3) is 2.94. The van der Waals surface area contributed by atoms with Crippen LogP contribution in [0.25, 0.3) is 0 Å². The van der Waals surface area contributed by atoms with Crippen LogP contribution in [0.15, 0.2) is 36.7 Å². The highest BCUT2D eigenvalue weighted by Gasteiger charge is 2.28. The number of ether oxygens (including phenoxy) is 2.